The van der Waals surface area contributed by atoms with Crippen molar-refractivity contribution in [2.75, 3.05) is 0 Å². The van der Waals surface area contributed by atoms with Crippen molar-refractivity contribution in [3.05, 3.63) is 35.4 Å². The highest BCUT2D eigenvalue weighted by Crippen LogP contribution is 2.22. The standard InChI is InChI=1S/C14H17F2NO4/c1-14(2,3)21-13(20)17-10(12(18)19)8-4-6-9(7-5-8)11(15)16/h4-7,10-11H,1-3H3,(H,17,20)(H,18,19). The molecule has 0 aromatic heterocycles. The van der Waals surface area contributed by atoms with Gasteiger partial charge in [-0.05, 0) is 26.3 Å². The van der Waals surface area contributed by atoms with Crippen LogP contribution in [0.1, 0.15) is 44.4 Å². The zero-order valence-electron chi connectivity index (χ0n) is 11.9. The number of carboxylic acid groups (broad SMARTS) is 1. The van der Waals surface area contributed by atoms with Gasteiger partial charge in [-0.3, -0.25) is 0 Å². The Labute approximate surface area is 120 Å². The Hall–Kier alpha value is -2.18. The number of hydrogen-bond acceptors (Lipinski definition) is 3. The number of aliphatic carboxylic acids is 1. The highest BCUT2D eigenvalue weighted by molar-refractivity contribution is 5.81. The molecule has 7 heteroatoms. The summed E-state index contributed by atoms with van der Waals surface area (Å²) in [6, 6.07) is 3.33. The van der Waals surface area contributed by atoms with Gasteiger partial charge in [-0.15, -0.1) is 0 Å². The van der Waals surface area contributed by atoms with E-state index in [1.54, 1.807) is 20.8 Å². The highest BCUT2D eigenvalue weighted by Gasteiger charge is 2.25. The number of alkyl halides is 2. The smallest absolute Gasteiger partial charge is 0.408 e. The van der Waals surface area contributed by atoms with Gasteiger partial charge in [0.15, 0.2) is 6.04 Å². The second kappa shape index (κ2) is 6.51. The van der Waals surface area contributed by atoms with Crippen LogP contribution in [0.25, 0.3) is 0 Å². The molecule has 1 rings (SSSR count). The number of carbonyl (C=O) groups is 2. The third-order valence-corrected chi connectivity index (χ3v) is 2.43. The van der Waals surface area contributed by atoms with E-state index in [2.05, 4.69) is 5.32 Å². The fourth-order valence-electron chi connectivity index (χ4n) is 1.55. The van der Waals surface area contributed by atoms with Gasteiger partial charge < -0.3 is 15.2 Å². The number of halogens is 2. The van der Waals surface area contributed by atoms with Crippen molar-refractivity contribution in [3.8, 4) is 0 Å². The minimum atomic E-state index is -2.64. The Balaban J connectivity index is 2.87. The SMILES string of the molecule is CC(C)(C)OC(=O)NC(C(=O)O)c1ccc(C(F)F)cc1. The molecule has 116 valence electrons. The van der Waals surface area contributed by atoms with Gasteiger partial charge in [0, 0.05) is 5.56 Å². The Kier molecular flexibility index (Phi) is 5.23. The van der Waals surface area contributed by atoms with E-state index in [1.165, 1.54) is 12.1 Å². The lowest BCUT2D eigenvalue weighted by Crippen LogP contribution is -2.38. The fourth-order valence-corrected chi connectivity index (χ4v) is 1.55. The lowest BCUT2D eigenvalue weighted by atomic mass is 10.1. The number of alkyl carbamates (subject to hydrolysis) is 1. The Morgan fingerprint density at radius 2 is 1.62 bits per heavy atom. The molecule has 1 amide bonds. The topological polar surface area (TPSA) is 75.6 Å². The molecule has 0 saturated heterocycles. The van der Waals surface area contributed by atoms with Gasteiger partial charge in [0.05, 0.1) is 0 Å². The van der Waals surface area contributed by atoms with Gasteiger partial charge in [-0.25, -0.2) is 18.4 Å². The van der Waals surface area contributed by atoms with Crippen molar-refractivity contribution < 1.29 is 28.2 Å². The molecule has 0 aliphatic rings. The number of rotatable bonds is 4. The summed E-state index contributed by atoms with van der Waals surface area (Å²) < 4.78 is 29.9. The first-order valence-electron chi connectivity index (χ1n) is 6.20. The predicted octanol–water partition coefficient (Wildman–Crippen LogP) is 3.27. The minimum absolute atomic E-state index is 0.178. The molecule has 21 heavy (non-hydrogen) atoms. The maximum atomic E-state index is 12.4. The minimum Gasteiger partial charge on any atom is -0.479 e. The Morgan fingerprint density at radius 3 is 2.00 bits per heavy atom. The maximum absolute atomic E-state index is 12.4. The van der Waals surface area contributed by atoms with Gasteiger partial charge in [-0.1, -0.05) is 24.3 Å². The molecular formula is C14H17F2NO4. The first-order chi connectivity index (χ1) is 9.60. The molecule has 0 aliphatic heterocycles. The van der Waals surface area contributed by atoms with Gasteiger partial charge in [0.1, 0.15) is 5.60 Å². The largest absolute Gasteiger partial charge is 0.479 e. The van der Waals surface area contributed by atoms with Crippen LogP contribution in [0.15, 0.2) is 24.3 Å². The van der Waals surface area contributed by atoms with E-state index in [0.29, 0.717) is 0 Å². The van der Waals surface area contributed by atoms with Crippen LogP contribution in [-0.4, -0.2) is 22.8 Å². The number of carboxylic acids is 1. The van der Waals surface area contributed by atoms with E-state index >= 15 is 0 Å². The van der Waals surface area contributed by atoms with Gasteiger partial charge in [0.2, 0.25) is 0 Å². The third-order valence-electron chi connectivity index (χ3n) is 2.43. The summed E-state index contributed by atoms with van der Waals surface area (Å²) in [6.07, 6.45) is -3.53. The van der Waals surface area contributed by atoms with Crippen molar-refractivity contribution in [2.45, 2.75) is 38.8 Å². The molecule has 0 fully saturated rings. The van der Waals surface area contributed by atoms with Crippen molar-refractivity contribution in [1.29, 1.82) is 0 Å². The Bertz CT molecular complexity index is 509. The second-order valence-electron chi connectivity index (χ2n) is 5.38. The van der Waals surface area contributed by atoms with E-state index in [0.717, 1.165) is 12.1 Å². The van der Waals surface area contributed by atoms with Crippen molar-refractivity contribution in [3.63, 3.8) is 0 Å². The molecule has 0 heterocycles. The summed E-state index contributed by atoms with van der Waals surface area (Å²) in [5.41, 5.74) is -0.815. The highest BCUT2D eigenvalue weighted by atomic mass is 19.3. The number of ether oxygens (including phenoxy) is 1. The van der Waals surface area contributed by atoms with Gasteiger partial charge in [-0.2, -0.15) is 0 Å². The quantitative estimate of drug-likeness (QED) is 0.895. The first-order valence-corrected chi connectivity index (χ1v) is 6.20. The molecule has 5 nitrogen and oxygen atoms in total. The number of hydrogen-bond donors (Lipinski definition) is 2. The number of benzene rings is 1. The monoisotopic (exact) mass is 301 g/mol. The van der Waals surface area contributed by atoms with Crippen LogP contribution in [0.5, 0.6) is 0 Å². The van der Waals surface area contributed by atoms with E-state index in [-0.39, 0.29) is 11.1 Å². The van der Waals surface area contributed by atoms with Crippen LogP contribution in [0.4, 0.5) is 13.6 Å². The van der Waals surface area contributed by atoms with Gasteiger partial charge >= 0.3 is 12.1 Å². The van der Waals surface area contributed by atoms with Crippen LogP contribution in [0, 0.1) is 0 Å². The summed E-state index contributed by atoms with van der Waals surface area (Å²) in [7, 11) is 0. The molecule has 0 bridgehead atoms. The maximum Gasteiger partial charge on any atom is 0.408 e. The molecular weight excluding hydrogens is 284 g/mol. The lowest BCUT2D eigenvalue weighted by Gasteiger charge is -2.22. The van der Waals surface area contributed by atoms with Crippen molar-refractivity contribution >= 4 is 12.1 Å². The van der Waals surface area contributed by atoms with E-state index in [4.69, 9.17) is 9.84 Å². The Morgan fingerprint density at radius 1 is 1.14 bits per heavy atom. The van der Waals surface area contributed by atoms with Crippen molar-refractivity contribution in [1.82, 2.24) is 5.32 Å². The van der Waals surface area contributed by atoms with Crippen LogP contribution in [-0.2, 0) is 9.53 Å². The molecule has 0 aliphatic carbocycles. The molecule has 0 spiro atoms. The molecule has 1 aromatic rings. The van der Waals surface area contributed by atoms with Crippen LogP contribution in [0.2, 0.25) is 0 Å². The molecule has 1 aromatic carbocycles. The average Bonchev–Trinajstić information content (AvgIpc) is 2.33. The summed E-state index contributed by atoms with van der Waals surface area (Å²) >= 11 is 0. The van der Waals surface area contributed by atoms with E-state index in [1.807, 2.05) is 0 Å². The van der Waals surface area contributed by atoms with E-state index in [9.17, 15) is 18.4 Å². The lowest BCUT2D eigenvalue weighted by molar-refractivity contribution is -0.139. The van der Waals surface area contributed by atoms with Crippen LogP contribution in [0.3, 0.4) is 0 Å². The fraction of sp³-hybridized carbons (Fsp3) is 0.429. The third kappa shape index (κ3) is 5.37. The van der Waals surface area contributed by atoms with Crippen LogP contribution < -0.4 is 5.32 Å². The zero-order valence-corrected chi connectivity index (χ0v) is 11.9. The molecule has 2 N–H and O–H groups in total. The molecule has 1 atom stereocenters. The summed E-state index contributed by atoms with van der Waals surface area (Å²) in [4.78, 5) is 22.8. The van der Waals surface area contributed by atoms with Crippen molar-refractivity contribution in [2.24, 2.45) is 0 Å². The average molecular weight is 301 g/mol. The predicted molar refractivity (Wildman–Crippen MR) is 71.1 cm³/mol. The second-order valence-corrected chi connectivity index (χ2v) is 5.38. The first kappa shape index (κ1) is 16.9. The molecule has 0 radical (unpaired) electrons. The number of amides is 1. The number of carbonyl (C=O) groups excluding carboxylic acids is 1. The summed E-state index contributed by atoms with van der Waals surface area (Å²) in [5.74, 6) is -1.31. The normalized spacial score (nSPS) is 12.9. The zero-order chi connectivity index (χ0) is 16.2. The van der Waals surface area contributed by atoms with E-state index < -0.39 is 30.1 Å². The van der Waals surface area contributed by atoms with Gasteiger partial charge in [0.25, 0.3) is 6.43 Å². The number of nitrogens with one attached hydrogen (secondary N) is 1. The molecule has 0 saturated carbocycles. The van der Waals surface area contributed by atoms with Crippen LogP contribution >= 0.6 is 0 Å². The summed E-state index contributed by atoms with van der Waals surface area (Å²) in [5, 5.41) is 11.3. The molecule has 1 unspecified atom stereocenters. The summed E-state index contributed by atoms with van der Waals surface area (Å²) in [6.45, 7) is 4.92.